The number of alkyl halides is 3. The van der Waals surface area contributed by atoms with E-state index in [1.54, 1.807) is 18.2 Å². The summed E-state index contributed by atoms with van der Waals surface area (Å²) in [5.41, 5.74) is 4.86. The van der Waals surface area contributed by atoms with E-state index in [1.165, 1.54) is 0 Å². The molecule has 1 aromatic heterocycles. The summed E-state index contributed by atoms with van der Waals surface area (Å²) in [5, 5.41) is 2.69. The van der Waals surface area contributed by atoms with Gasteiger partial charge in [-0.3, -0.25) is 9.78 Å². The van der Waals surface area contributed by atoms with Crippen LogP contribution in [-0.4, -0.2) is 15.9 Å². The minimum Gasteiger partial charge on any atom is -0.369 e. The first-order valence-corrected chi connectivity index (χ1v) is 6.10. The zero-order chi connectivity index (χ0) is 16.3. The molecule has 2 aromatic rings. The third-order valence-corrected chi connectivity index (χ3v) is 2.54. The number of aromatic nitrogens is 2. The molecule has 116 valence electrons. The Labute approximate surface area is 122 Å². The van der Waals surface area contributed by atoms with E-state index in [2.05, 4.69) is 20.3 Å². The zero-order valence-corrected chi connectivity index (χ0v) is 11.4. The number of nitrogens with two attached hydrogens (primary N) is 1. The predicted molar refractivity (Wildman–Crippen MR) is 75.9 cm³/mol. The van der Waals surface area contributed by atoms with Crippen molar-refractivity contribution in [3.8, 4) is 0 Å². The van der Waals surface area contributed by atoms with Crippen LogP contribution in [0.15, 0.2) is 40.1 Å². The Morgan fingerprint density at radius 2 is 2.09 bits per heavy atom. The number of anilines is 1. The minimum absolute atomic E-state index is 0.201. The Hall–Kier alpha value is -2.84. The Bertz CT molecular complexity index is 767. The number of nitrogens with zero attached hydrogens (tertiary/aromatic N) is 2. The van der Waals surface area contributed by atoms with Gasteiger partial charge in [-0.25, -0.2) is 4.98 Å². The highest BCUT2D eigenvalue weighted by Crippen LogP contribution is 2.27. The average Bonchev–Trinajstić information content (AvgIpc) is 2.36. The van der Waals surface area contributed by atoms with Gasteiger partial charge >= 0.3 is 6.18 Å². The lowest BCUT2D eigenvalue weighted by Crippen LogP contribution is -2.23. The van der Waals surface area contributed by atoms with E-state index in [-0.39, 0.29) is 5.96 Å². The summed E-state index contributed by atoms with van der Waals surface area (Å²) >= 11 is 0. The highest BCUT2D eigenvalue weighted by Gasteiger charge is 2.33. The molecule has 1 heterocycles. The maximum absolute atomic E-state index is 12.6. The molecule has 0 aliphatic rings. The topological polar surface area (TPSA) is 96.2 Å². The van der Waals surface area contributed by atoms with E-state index in [9.17, 15) is 18.0 Å². The number of nitrogens with one attached hydrogen (secondary N) is 2. The number of hydrogen-bond acceptors (Lipinski definition) is 3. The normalized spacial score (nSPS) is 12.3. The smallest absolute Gasteiger partial charge is 0.369 e. The zero-order valence-electron chi connectivity index (χ0n) is 11.4. The molecule has 0 unspecified atom stereocenters. The Morgan fingerprint density at radius 3 is 2.73 bits per heavy atom. The minimum atomic E-state index is -4.74. The monoisotopic (exact) mass is 311 g/mol. The molecular weight excluding hydrogens is 299 g/mol. The second kappa shape index (κ2) is 5.88. The summed E-state index contributed by atoms with van der Waals surface area (Å²) in [5.74, 6) is -0.731. The van der Waals surface area contributed by atoms with Crippen molar-refractivity contribution < 1.29 is 13.2 Å². The van der Waals surface area contributed by atoms with E-state index in [4.69, 9.17) is 5.73 Å². The number of rotatable bonds is 2. The second-order valence-electron chi connectivity index (χ2n) is 4.44. The summed E-state index contributed by atoms with van der Waals surface area (Å²) in [6.07, 6.45) is -4.74. The van der Waals surface area contributed by atoms with Crippen LogP contribution in [0.2, 0.25) is 0 Å². The summed E-state index contributed by atoms with van der Waals surface area (Å²) in [7, 11) is 0. The number of aryl methyl sites for hydroxylation is 1. The van der Waals surface area contributed by atoms with E-state index in [0.717, 1.165) is 5.56 Å². The highest BCUT2D eigenvalue weighted by molar-refractivity contribution is 5.93. The molecule has 0 atom stereocenters. The van der Waals surface area contributed by atoms with Crippen molar-refractivity contribution in [2.24, 2.45) is 10.7 Å². The first-order valence-electron chi connectivity index (χ1n) is 6.10. The van der Waals surface area contributed by atoms with Crippen molar-refractivity contribution in [2.45, 2.75) is 13.1 Å². The molecule has 22 heavy (non-hydrogen) atoms. The van der Waals surface area contributed by atoms with Gasteiger partial charge < -0.3 is 11.1 Å². The van der Waals surface area contributed by atoms with Crippen molar-refractivity contribution in [2.75, 3.05) is 5.32 Å². The number of aliphatic imine (C=N–C) groups is 1. The molecule has 0 saturated heterocycles. The SMILES string of the molecule is Cc1cccc(N/C(N)=N/c2nc(C(F)(F)F)cc(=O)[nH]2)c1. The van der Waals surface area contributed by atoms with Gasteiger partial charge in [-0.2, -0.15) is 18.2 Å². The first kappa shape index (κ1) is 15.5. The quantitative estimate of drug-likeness (QED) is 0.585. The summed E-state index contributed by atoms with van der Waals surface area (Å²) in [6.45, 7) is 1.87. The largest absolute Gasteiger partial charge is 0.433 e. The van der Waals surface area contributed by atoms with Crippen LogP contribution in [0.3, 0.4) is 0 Å². The third-order valence-electron chi connectivity index (χ3n) is 2.54. The van der Waals surface area contributed by atoms with Crippen molar-refractivity contribution >= 4 is 17.6 Å². The third kappa shape index (κ3) is 4.08. The van der Waals surface area contributed by atoms with E-state index < -0.39 is 23.4 Å². The van der Waals surface area contributed by atoms with Crippen molar-refractivity contribution in [1.82, 2.24) is 9.97 Å². The maximum atomic E-state index is 12.6. The van der Waals surface area contributed by atoms with E-state index in [1.807, 2.05) is 13.0 Å². The van der Waals surface area contributed by atoms with Crippen LogP contribution in [0, 0.1) is 6.92 Å². The van der Waals surface area contributed by atoms with Crippen molar-refractivity contribution in [1.29, 1.82) is 0 Å². The van der Waals surface area contributed by atoms with Crippen LogP contribution < -0.4 is 16.6 Å². The molecule has 4 N–H and O–H groups in total. The number of benzene rings is 1. The van der Waals surface area contributed by atoms with Gasteiger partial charge in [-0.15, -0.1) is 0 Å². The lowest BCUT2D eigenvalue weighted by Gasteiger charge is -2.07. The lowest BCUT2D eigenvalue weighted by molar-refractivity contribution is -0.141. The molecular formula is C13H12F3N5O. The molecule has 0 aliphatic heterocycles. The van der Waals surface area contributed by atoms with Gasteiger partial charge in [0.05, 0.1) is 0 Å². The number of hydrogen-bond donors (Lipinski definition) is 3. The fraction of sp³-hybridized carbons (Fsp3) is 0.154. The van der Waals surface area contributed by atoms with Gasteiger partial charge in [0.2, 0.25) is 11.9 Å². The van der Waals surface area contributed by atoms with Crippen molar-refractivity contribution in [3.05, 3.63) is 51.9 Å². The van der Waals surface area contributed by atoms with Crippen LogP contribution in [0.25, 0.3) is 0 Å². The molecule has 0 saturated carbocycles. The molecule has 0 bridgehead atoms. The maximum Gasteiger partial charge on any atom is 0.433 e. The standard InChI is InChI=1S/C13H12F3N5O/c1-7-3-2-4-8(5-7)18-11(17)21-12-19-9(13(14,15)16)6-10(22)20-12/h2-6H,1H3,(H4,17,18,19,20,21,22). The van der Waals surface area contributed by atoms with Gasteiger partial charge in [-0.1, -0.05) is 12.1 Å². The molecule has 0 aliphatic carbocycles. The Morgan fingerprint density at radius 1 is 1.36 bits per heavy atom. The van der Waals surface area contributed by atoms with Crippen LogP contribution >= 0.6 is 0 Å². The fourth-order valence-electron chi connectivity index (χ4n) is 1.66. The Kier molecular flexibility index (Phi) is 4.15. The van der Waals surface area contributed by atoms with E-state index in [0.29, 0.717) is 11.8 Å². The summed E-state index contributed by atoms with van der Waals surface area (Å²) in [6, 6.07) is 7.46. The van der Waals surface area contributed by atoms with Gasteiger partial charge in [0.25, 0.3) is 5.56 Å². The molecule has 6 nitrogen and oxygen atoms in total. The molecule has 1 aromatic carbocycles. The van der Waals surface area contributed by atoms with Gasteiger partial charge in [-0.05, 0) is 24.6 Å². The van der Waals surface area contributed by atoms with Crippen LogP contribution in [-0.2, 0) is 6.18 Å². The lowest BCUT2D eigenvalue weighted by atomic mass is 10.2. The Balaban J connectivity index is 2.28. The number of halogens is 3. The van der Waals surface area contributed by atoms with Crippen LogP contribution in [0.5, 0.6) is 0 Å². The van der Waals surface area contributed by atoms with Crippen LogP contribution in [0.4, 0.5) is 24.8 Å². The summed E-state index contributed by atoms with van der Waals surface area (Å²) in [4.78, 5) is 20.1. The molecule has 0 fully saturated rings. The van der Waals surface area contributed by atoms with Gasteiger partial charge in [0.15, 0.2) is 5.69 Å². The first-order chi connectivity index (χ1) is 10.2. The summed E-state index contributed by atoms with van der Waals surface area (Å²) < 4.78 is 37.7. The van der Waals surface area contributed by atoms with E-state index >= 15 is 0 Å². The number of guanidine groups is 1. The molecule has 9 heteroatoms. The van der Waals surface area contributed by atoms with Gasteiger partial charge in [0, 0.05) is 11.8 Å². The average molecular weight is 311 g/mol. The van der Waals surface area contributed by atoms with Crippen molar-refractivity contribution in [3.63, 3.8) is 0 Å². The van der Waals surface area contributed by atoms with Gasteiger partial charge in [0.1, 0.15) is 0 Å². The second-order valence-corrected chi connectivity index (χ2v) is 4.44. The molecule has 2 rings (SSSR count). The number of aromatic amines is 1. The molecule has 0 radical (unpaired) electrons. The number of H-pyrrole nitrogens is 1. The fourth-order valence-corrected chi connectivity index (χ4v) is 1.66. The highest BCUT2D eigenvalue weighted by atomic mass is 19.4. The molecule has 0 spiro atoms. The van der Waals surface area contributed by atoms with Crippen LogP contribution in [0.1, 0.15) is 11.3 Å². The predicted octanol–water partition coefficient (Wildman–Crippen LogP) is 2.16. The molecule has 0 amide bonds.